The number of thioether (sulfide) groups is 1. The van der Waals surface area contributed by atoms with Crippen LogP contribution in [-0.4, -0.2) is 49.6 Å². The lowest BCUT2D eigenvalue weighted by Crippen LogP contribution is -2.24. The molecule has 0 bridgehead atoms. The first-order valence-corrected chi connectivity index (χ1v) is 10.8. The second kappa shape index (κ2) is 7.99. The van der Waals surface area contributed by atoms with Gasteiger partial charge in [0.1, 0.15) is 0 Å². The van der Waals surface area contributed by atoms with Crippen LogP contribution in [-0.2, 0) is 11.3 Å². The van der Waals surface area contributed by atoms with Gasteiger partial charge < -0.3 is 9.32 Å². The molecule has 9 heteroatoms. The third kappa shape index (κ3) is 3.72. The largest absolute Gasteiger partial charge is 0.409 e. The van der Waals surface area contributed by atoms with E-state index in [1.165, 1.54) is 16.4 Å². The lowest BCUT2D eigenvalue weighted by molar-refractivity contribution is -0.126. The Bertz CT molecular complexity index is 1320. The zero-order valence-corrected chi connectivity index (χ0v) is 17.6. The fraction of sp³-hybridized carbons (Fsp3) is 0.227. The molecule has 4 aromatic rings. The highest BCUT2D eigenvalue weighted by Crippen LogP contribution is 2.32. The number of carbonyl (C=O) groups excluding carboxylic acids is 1. The molecule has 0 N–H and O–H groups in total. The van der Waals surface area contributed by atoms with Gasteiger partial charge in [0.2, 0.25) is 5.91 Å². The number of nitrogens with zero attached hydrogens (tertiary/aromatic N) is 5. The highest BCUT2D eigenvalue weighted by atomic mass is 32.2. The van der Waals surface area contributed by atoms with E-state index in [-0.39, 0.29) is 22.6 Å². The summed E-state index contributed by atoms with van der Waals surface area (Å²) in [5, 5.41) is 14.1. The lowest BCUT2D eigenvalue weighted by Gasteiger charge is -2.09. The van der Waals surface area contributed by atoms with Gasteiger partial charge in [0.25, 0.3) is 16.7 Å². The van der Waals surface area contributed by atoms with Gasteiger partial charge in [0.05, 0.1) is 17.2 Å². The number of likely N-dealkylation sites (tertiary alicyclic amines) is 1. The van der Waals surface area contributed by atoms with Gasteiger partial charge in [-0.3, -0.25) is 9.59 Å². The van der Waals surface area contributed by atoms with E-state index in [0.29, 0.717) is 34.8 Å². The standard InChI is InChI=1S/C22H19N5O3S/c1-26-12-11-17(21(26)29)31-22-24-23-19(30-22)18-15-9-5-6-10-16(15)20(28)27(25-18)13-14-7-3-2-4-8-14/h2-10,17H,11-13H2,1H3. The number of hydrogen-bond acceptors (Lipinski definition) is 7. The van der Waals surface area contributed by atoms with Crippen LogP contribution in [0, 0.1) is 0 Å². The molecule has 1 aliphatic rings. The molecule has 31 heavy (non-hydrogen) atoms. The summed E-state index contributed by atoms with van der Waals surface area (Å²) in [6.07, 6.45) is 0.737. The van der Waals surface area contributed by atoms with Crippen LogP contribution in [0.25, 0.3) is 22.4 Å². The maximum Gasteiger partial charge on any atom is 0.277 e. The Morgan fingerprint density at radius 1 is 1.03 bits per heavy atom. The minimum atomic E-state index is -0.227. The van der Waals surface area contributed by atoms with Crippen molar-refractivity contribution < 1.29 is 9.21 Å². The summed E-state index contributed by atoms with van der Waals surface area (Å²) in [4.78, 5) is 26.9. The van der Waals surface area contributed by atoms with Crippen molar-refractivity contribution in [3.05, 3.63) is 70.5 Å². The Balaban J connectivity index is 1.54. The number of rotatable bonds is 5. The molecule has 0 aliphatic carbocycles. The third-order valence-electron chi connectivity index (χ3n) is 5.27. The molecule has 8 nitrogen and oxygen atoms in total. The van der Waals surface area contributed by atoms with Gasteiger partial charge in [-0.15, -0.1) is 10.2 Å². The van der Waals surface area contributed by atoms with Crippen molar-refractivity contribution in [1.29, 1.82) is 0 Å². The van der Waals surface area contributed by atoms with Crippen LogP contribution in [0.3, 0.4) is 0 Å². The lowest BCUT2D eigenvalue weighted by atomic mass is 10.1. The van der Waals surface area contributed by atoms with Crippen molar-refractivity contribution in [3.8, 4) is 11.6 Å². The van der Waals surface area contributed by atoms with Crippen LogP contribution in [0.4, 0.5) is 0 Å². The number of amides is 1. The highest BCUT2D eigenvalue weighted by molar-refractivity contribution is 8.00. The molecule has 1 fully saturated rings. The molecule has 1 atom stereocenters. The summed E-state index contributed by atoms with van der Waals surface area (Å²) < 4.78 is 7.28. The van der Waals surface area contributed by atoms with Crippen molar-refractivity contribution in [2.75, 3.05) is 13.6 Å². The molecule has 0 saturated carbocycles. The molecule has 0 spiro atoms. The Labute approximate surface area is 181 Å². The van der Waals surface area contributed by atoms with Crippen LogP contribution in [0.1, 0.15) is 12.0 Å². The smallest absolute Gasteiger partial charge is 0.277 e. The molecular weight excluding hydrogens is 414 g/mol. The third-order valence-corrected chi connectivity index (χ3v) is 6.36. The number of fused-ring (bicyclic) bond motifs is 1. The predicted molar refractivity (Wildman–Crippen MR) is 117 cm³/mol. The van der Waals surface area contributed by atoms with Crippen molar-refractivity contribution in [2.45, 2.75) is 23.4 Å². The van der Waals surface area contributed by atoms with E-state index >= 15 is 0 Å². The zero-order chi connectivity index (χ0) is 21.4. The summed E-state index contributed by atoms with van der Waals surface area (Å²) in [6, 6.07) is 16.9. The second-order valence-electron chi connectivity index (χ2n) is 7.37. The van der Waals surface area contributed by atoms with Crippen LogP contribution in [0.15, 0.2) is 69.0 Å². The summed E-state index contributed by atoms with van der Waals surface area (Å²) in [6.45, 7) is 1.05. The van der Waals surface area contributed by atoms with Gasteiger partial charge in [-0.25, -0.2) is 4.68 Å². The monoisotopic (exact) mass is 433 g/mol. The Morgan fingerprint density at radius 2 is 1.77 bits per heavy atom. The van der Waals surface area contributed by atoms with Gasteiger partial charge >= 0.3 is 0 Å². The van der Waals surface area contributed by atoms with Gasteiger partial charge in [-0.2, -0.15) is 5.10 Å². The number of hydrogen-bond donors (Lipinski definition) is 0. The van der Waals surface area contributed by atoms with Crippen molar-refractivity contribution in [3.63, 3.8) is 0 Å². The number of benzene rings is 2. The molecule has 2 aromatic carbocycles. The first-order chi connectivity index (χ1) is 15.1. The average Bonchev–Trinajstić information content (AvgIpc) is 3.39. The van der Waals surface area contributed by atoms with Gasteiger partial charge in [-0.1, -0.05) is 60.3 Å². The van der Waals surface area contributed by atoms with Gasteiger partial charge in [0, 0.05) is 19.0 Å². The minimum Gasteiger partial charge on any atom is -0.409 e. The van der Waals surface area contributed by atoms with E-state index in [9.17, 15) is 9.59 Å². The van der Waals surface area contributed by atoms with E-state index in [0.717, 1.165) is 12.0 Å². The van der Waals surface area contributed by atoms with E-state index in [1.807, 2.05) is 48.5 Å². The number of aromatic nitrogens is 4. The molecule has 3 heterocycles. The minimum absolute atomic E-state index is 0.0599. The highest BCUT2D eigenvalue weighted by Gasteiger charge is 2.31. The Kier molecular flexibility index (Phi) is 5.03. The van der Waals surface area contributed by atoms with E-state index < -0.39 is 0 Å². The first kappa shape index (κ1) is 19.5. The topological polar surface area (TPSA) is 94.1 Å². The van der Waals surface area contributed by atoms with E-state index in [2.05, 4.69) is 15.3 Å². The maximum absolute atomic E-state index is 13.0. The van der Waals surface area contributed by atoms with Crippen molar-refractivity contribution >= 4 is 28.4 Å². The quantitative estimate of drug-likeness (QED) is 0.478. The molecule has 0 radical (unpaired) electrons. The van der Waals surface area contributed by atoms with Gasteiger partial charge in [0.15, 0.2) is 5.69 Å². The van der Waals surface area contributed by atoms with E-state index in [1.54, 1.807) is 18.0 Å². The fourth-order valence-corrected chi connectivity index (χ4v) is 4.59. The Hall–Kier alpha value is -3.46. The molecule has 1 amide bonds. The van der Waals surface area contributed by atoms with Crippen LogP contribution < -0.4 is 5.56 Å². The summed E-state index contributed by atoms with van der Waals surface area (Å²) >= 11 is 1.27. The SMILES string of the molecule is CN1CCC(Sc2nnc(-c3nn(Cc4ccccc4)c(=O)c4ccccc34)o2)C1=O. The summed E-state index contributed by atoms with van der Waals surface area (Å²) in [5.41, 5.74) is 1.22. The zero-order valence-electron chi connectivity index (χ0n) is 16.8. The van der Waals surface area contributed by atoms with Crippen molar-refractivity contribution in [2.24, 2.45) is 0 Å². The van der Waals surface area contributed by atoms with Gasteiger partial charge in [-0.05, 0) is 18.1 Å². The Morgan fingerprint density at radius 3 is 2.52 bits per heavy atom. The maximum atomic E-state index is 13.0. The number of carbonyl (C=O) groups is 1. The molecule has 156 valence electrons. The average molecular weight is 433 g/mol. The molecular formula is C22H19N5O3S. The second-order valence-corrected chi connectivity index (χ2v) is 8.52. The van der Waals surface area contributed by atoms with Crippen LogP contribution >= 0.6 is 11.8 Å². The van der Waals surface area contributed by atoms with Crippen LogP contribution in [0.5, 0.6) is 0 Å². The molecule has 1 saturated heterocycles. The molecule has 1 unspecified atom stereocenters. The van der Waals surface area contributed by atoms with Crippen LogP contribution in [0.2, 0.25) is 0 Å². The normalized spacial score (nSPS) is 16.4. The summed E-state index contributed by atoms with van der Waals surface area (Å²) in [5.74, 6) is 0.282. The van der Waals surface area contributed by atoms with Crippen molar-refractivity contribution in [1.82, 2.24) is 24.9 Å². The molecule has 5 rings (SSSR count). The first-order valence-electron chi connectivity index (χ1n) is 9.89. The predicted octanol–water partition coefficient (Wildman–Crippen LogP) is 2.82. The molecule has 2 aromatic heterocycles. The molecule has 1 aliphatic heterocycles. The van der Waals surface area contributed by atoms with E-state index in [4.69, 9.17) is 4.42 Å². The summed E-state index contributed by atoms with van der Waals surface area (Å²) in [7, 11) is 1.79. The fourth-order valence-electron chi connectivity index (χ4n) is 3.63.